The van der Waals surface area contributed by atoms with E-state index in [-0.39, 0.29) is 19.1 Å². The highest BCUT2D eigenvalue weighted by molar-refractivity contribution is 5.41. The van der Waals surface area contributed by atoms with Crippen molar-refractivity contribution in [3.8, 4) is 0 Å². The summed E-state index contributed by atoms with van der Waals surface area (Å²) in [6.45, 7) is 2.68. The van der Waals surface area contributed by atoms with Gasteiger partial charge in [-0.3, -0.25) is 0 Å². The topological polar surface area (TPSA) is 50.3 Å². The van der Waals surface area contributed by atoms with Crippen LogP contribution in [0.5, 0.6) is 0 Å². The number of halogens is 3. The van der Waals surface area contributed by atoms with E-state index in [0.29, 0.717) is 18.9 Å². The van der Waals surface area contributed by atoms with E-state index in [9.17, 15) is 13.2 Å². The molecule has 0 saturated carbocycles. The van der Waals surface area contributed by atoms with Crippen molar-refractivity contribution in [2.75, 3.05) is 36.5 Å². The fraction of sp³-hybridized carbons (Fsp3) is 0.636. The molecule has 19 heavy (non-hydrogen) atoms. The molecule has 0 aliphatic carbocycles. The van der Waals surface area contributed by atoms with E-state index in [1.165, 1.54) is 11.1 Å². The summed E-state index contributed by atoms with van der Waals surface area (Å²) < 4.78 is 42.6. The van der Waals surface area contributed by atoms with Crippen LogP contribution >= 0.6 is 0 Å². The maximum atomic E-state index is 12.6. The van der Waals surface area contributed by atoms with Gasteiger partial charge in [-0.2, -0.15) is 18.2 Å². The molecule has 1 aliphatic heterocycles. The molecule has 0 aromatic carbocycles. The molecule has 8 heteroatoms. The van der Waals surface area contributed by atoms with Gasteiger partial charge >= 0.3 is 6.18 Å². The van der Waals surface area contributed by atoms with Gasteiger partial charge in [0.15, 0.2) is 6.10 Å². The highest BCUT2D eigenvalue weighted by atomic mass is 19.4. The van der Waals surface area contributed by atoms with Gasteiger partial charge in [-0.1, -0.05) is 0 Å². The Balaban J connectivity index is 2.10. The van der Waals surface area contributed by atoms with Gasteiger partial charge in [-0.25, -0.2) is 4.98 Å². The van der Waals surface area contributed by atoms with Crippen LogP contribution < -0.4 is 10.2 Å². The summed E-state index contributed by atoms with van der Waals surface area (Å²) in [6.07, 6.45) is -4.62. The van der Waals surface area contributed by atoms with Gasteiger partial charge < -0.3 is 15.0 Å². The third kappa shape index (κ3) is 3.46. The summed E-state index contributed by atoms with van der Waals surface area (Å²) in [6, 6.07) is 1.68. The largest absolute Gasteiger partial charge is 0.416 e. The minimum atomic E-state index is -4.36. The summed E-state index contributed by atoms with van der Waals surface area (Å²) in [4.78, 5) is 9.69. The number of hydrogen-bond donors (Lipinski definition) is 1. The van der Waals surface area contributed by atoms with Crippen LogP contribution in [0, 0.1) is 0 Å². The molecule has 1 atom stereocenters. The van der Waals surface area contributed by atoms with Gasteiger partial charge in [-0.05, 0) is 13.0 Å². The van der Waals surface area contributed by atoms with Gasteiger partial charge in [0.2, 0.25) is 5.95 Å². The van der Waals surface area contributed by atoms with Crippen LogP contribution in [0.25, 0.3) is 0 Å². The Bertz CT molecular complexity index is 427. The molecule has 1 fully saturated rings. The number of rotatable bonds is 3. The third-order valence-electron chi connectivity index (χ3n) is 2.72. The van der Waals surface area contributed by atoms with E-state index in [1.807, 2.05) is 6.92 Å². The minimum Gasteiger partial charge on any atom is -0.370 e. The van der Waals surface area contributed by atoms with E-state index in [0.717, 1.165) is 0 Å². The smallest absolute Gasteiger partial charge is 0.370 e. The highest BCUT2D eigenvalue weighted by Gasteiger charge is 2.43. The monoisotopic (exact) mass is 276 g/mol. The Morgan fingerprint density at radius 2 is 2.32 bits per heavy atom. The number of ether oxygens (including phenoxy) is 1. The van der Waals surface area contributed by atoms with Gasteiger partial charge in [0.1, 0.15) is 5.82 Å². The second kappa shape index (κ2) is 5.60. The van der Waals surface area contributed by atoms with E-state index < -0.39 is 12.3 Å². The maximum Gasteiger partial charge on any atom is 0.416 e. The van der Waals surface area contributed by atoms with Crippen molar-refractivity contribution in [1.82, 2.24) is 9.97 Å². The van der Waals surface area contributed by atoms with Crippen molar-refractivity contribution in [2.24, 2.45) is 0 Å². The van der Waals surface area contributed by atoms with Crippen LogP contribution in [0.2, 0.25) is 0 Å². The van der Waals surface area contributed by atoms with Gasteiger partial charge in [0, 0.05) is 19.3 Å². The summed E-state index contributed by atoms with van der Waals surface area (Å²) in [5, 5.41) is 3.00. The lowest BCUT2D eigenvalue weighted by Crippen LogP contribution is -2.49. The Labute approximate surface area is 108 Å². The fourth-order valence-corrected chi connectivity index (χ4v) is 1.81. The zero-order chi connectivity index (χ0) is 13.9. The SMILES string of the molecule is CCNc1ccnc(N2CCO[C@@H](C(F)(F)F)C2)n1. The lowest BCUT2D eigenvalue weighted by atomic mass is 10.3. The number of hydrogen-bond acceptors (Lipinski definition) is 5. The van der Waals surface area contributed by atoms with Crippen LogP contribution in [-0.2, 0) is 4.74 Å². The van der Waals surface area contributed by atoms with E-state index in [1.54, 1.807) is 6.07 Å². The first-order valence-corrected chi connectivity index (χ1v) is 6.01. The maximum absolute atomic E-state index is 12.6. The van der Waals surface area contributed by atoms with Crippen molar-refractivity contribution >= 4 is 11.8 Å². The van der Waals surface area contributed by atoms with Gasteiger partial charge in [0.05, 0.1) is 13.2 Å². The first-order chi connectivity index (χ1) is 9.00. The fourth-order valence-electron chi connectivity index (χ4n) is 1.81. The average molecular weight is 276 g/mol. The highest BCUT2D eigenvalue weighted by Crippen LogP contribution is 2.27. The first kappa shape index (κ1) is 13.9. The number of aromatic nitrogens is 2. The zero-order valence-corrected chi connectivity index (χ0v) is 10.4. The molecule has 0 bridgehead atoms. The molecule has 0 spiro atoms. The normalized spacial score (nSPS) is 20.4. The van der Waals surface area contributed by atoms with Crippen LogP contribution in [0.3, 0.4) is 0 Å². The van der Waals surface area contributed by atoms with E-state index in [4.69, 9.17) is 4.74 Å². The molecule has 0 radical (unpaired) electrons. The van der Waals surface area contributed by atoms with Crippen molar-refractivity contribution in [3.63, 3.8) is 0 Å². The van der Waals surface area contributed by atoms with Gasteiger partial charge in [0.25, 0.3) is 0 Å². The molecule has 5 nitrogen and oxygen atoms in total. The average Bonchev–Trinajstić information content (AvgIpc) is 2.39. The molecule has 2 heterocycles. The lowest BCUT2D eigenvalue weighted by molar-refractivity contribution is -0.221. The summed E-state index contributed by atoms with van der Waals surface area (Å²) in [7, 11) is 0. The van der Waals surface area contributed by atoms with Crippen LogP contribution in [0.1, 0.15) is 6.92 Å². The van der Waals surface area contributed by atoms with Crippen LogP contribution in [0.4, 0.5) is 24.9 Å². The molecule has 0 amide bonds. The molecule has 1 aromatic rings. The molecule has 0 unspecified atom stereocenters. The number of anilines is 2. The number of alkyl halides is 3. The van der Waals surface area contributed by atoms with E-state index >= 15 is 0 Å². The number of morpholine rings is 1. The lowest BCUT2D eigenvalue weighted by Gasteiger charge is -2.33. The van der Waals surface area contributed by atoms with Gasteiger partial charge in [-0.15, -0.1) is 0 Å². The van der Waals surface area contributed by atoms with Crippen molar-refractivity contribution in [3.05, 3.63) is 12.3 Å². The predicted molar refractivity (Wildman–Crippen MR) is 64.2 cm³/mol. The Kier molecular flexibility index (Phi) is 4.08. The van der Waals surface area contributed by atoms with Crippen LogP contribution in [0.15, 0.2) is 12.3 Å². The Morgan fingerprint density at radius 3 is 3.00 bits per heavy atom. The molecule has 1 aromatic heterocycles. The molecule has 1 saturated heterocycles. The number of nitrogens with zero attached hydrogens (tertiary/aromatic N) is 3. The van der Waals surface area contributed by atoms with Crippen molar-refractivity contribution < 1.29 is 17.9 Å². The quantitative estimate of drug-likeness (QED) is 0.910. The summed E-state index contributed by atoms with van der Waals surface area (Å²) in [5.74, 6) is 0.888. The zero-order valence-electron chi connectivity index (χ0n) is 10.4. The molecule has 1 N–H and O–H groups in total. The van der Waals surface area contributed by atoms with Crippen molar-refractivity contribution in [2.45, 2.75) is 19.2 Å². The minimum absolute atomic E-state index is 0.0129. The molecule has 2 rings (SSSR count). The Hall–Kier alpha value is -1.57. The molecular weight excluding hydrogens is 261 g/mol. The number of nitrogens with one attached hydrogen (secondary N) is 1. The van der Waals surface area contributed by atoms with Crippen molar-refractivity contribution in [1.29, 1.82) is 0 Å². The molecular formula is C11H15F3N4O. The van der Waals surface area contributed by atoms with Crippen LogP contribution in [-0.4, -0.2) is 48.5 Å². The third-order valence-corrected chi connectivity index (χ3v) is 2.72. The molecule has 1 aliphatic rings. The predicted octanol–water partition coefficient (Wildman–Crippen LogP) is 1.68. The first-order valence-electron chi connectivity index (χ1n) is 6.01. The summed E-state index contributed by atoms with van der Waals surface area (Å²) in [5.41, 5.74) is 0. The molecule has 106 valence electrons. The standard InChI is InChI=1S/C11H15F3N4O/c1-2-15-9-3-4-16-10(17-9)18-5-6-19-8(7-18)11(12,13)14/h3-4,8H,2,5-7H2,1H3,(H,15,16,17)/t8-/m1/s1. The second-order valence-electron chi connectivity index (χ2n) is 4.12. The second-order valence-corrected chi connectivity index (χ2v) is 4.12. The Morgan fingerprint density at radius 1 is 1.53 bits per heavy atom. The van der Waals surface area contributed by atoms with E-state index in [2.05, 4.69) is 15.3 Å². The summed E-state index contributed by atoms with van der Waals surface area (Å²) >= 11 is 0.